The van der Waals surface area contributed by atoms with Crippen LogP contribution in [0.5, 0.6) is 5.75 Å². The van der Waals surface area contributed by atoms with Crippen LogP contribution in [0.3, 0.4) is 0 Å². The Morgan fingerprint density at radius 2 is 1.52 bits per heavy atom. The molecule has 3 aromatic heterocycles. The van der Waals surface area contributed by atoms with Gasteiger partial charge in [-0.15, -0.1) is 0 Å². The van der Waals surface area contributed by atoms with Gasteiger partial charge in [0, 0.05) is 41.6 Å². The smallest absolute Gasteiger partial charge is 0.240 e. The second-order valence-electron chi connectivity index (χ2n) is 17.5. The highest BCUT2D eigenvalue weighted by Crippen LogP contribution is 2.50. The van der Waals surface area contributed by atoms with Crippen molar-refractivity contribution in [1.82, 2.24) is 39.6 Å². The number of imidazole rings is 2. The third-order valence-corrected chi connectivity index (χ3v) is 12.7. The lowest BCUT2D eigenvalue weighted by molar-refractivity contribution is -0.278. The van der Waals surface area contributed by atoms with Gasteiger partial charge in [0.2, 0.25) is 11.8 Å². The van der Waals surface area contributed by atoms with Gasteiger partial charge in [0.1, 0.15) is 24.1 Å². The Balaban J connectivity index is 1.08. The van der Waals surface area contributed by atoms with E-state index in [9.17, 15) is 9.59 Å². The summed E-state index contributed by atoms with van der Waals surface area (Å²) in [5.74, 6) is 2.75. The molecule has 320 valence electrons. The Morgan fingerprint density at radius 3 is 2.12 bits per heavy atom. The highest BCUT2D eigenvalue weighted by atomic mass is 35.5. The molecule has 60 heavy (non-hydrogen) atoms. The van der Waals surface area contributed by atoms with Gasteiger partial charge < -0.3 is 34.8 Å². The molecule has 3 aliphatic heterocycles. The number of carbonyl (C=O) groups excluding carboxylic acids is 2. The Bertz CT molecular complexity index is 2350. The van der Waals surface area contributed by atoms with E-state index in [0.717, 1.165) is 94.2 Å². The van der Waals surface area contributed by atoms with E-state index in [2.05, 4.69) is 70.1 Å². The second kappa shape index (κ2) is 17.3. The summed E-state index contributed by atoms with van der Waals surface area (Å²) in [6, 6.07) is 11.3. The molecule has 15 heteroatoms. The summed E-state index contributed by atoms with van der Waals surface area (Å²) in [5, 5.41) is 4.76. The molecular weight excluding hydrogens is 782 g/mol. The van der Waals surface area contributed by atoms with E-state index in [4.69, 9.17) is 41.8 Å². The number of nitrogens with zero attached hydrogens (tertiary/aromatic N) is 5. The molecule has 0 spiro atoms. The number of fused-ring (bicyclic) bond motifs is 5. The van der Waals surface area contributed by atoms with Crippen molar-refractivity contribution in [3.8, 4) is 39.5 Å². The maximum Gasteiger partial charge on any atom is 0.240 e. The van der Waals surface area contributed by atoms with Crippen molar-refractivity contribution >= 4 is 34.3 Å². The summed E-state index contributed by atoms with van der Waals surface area (Å²) in [6.45, 7) is 13.8. The minimum absolute atomic E-state index is 0.0221. The molecule has 5 unspecified atom stereocenters. The summed E-state index contributed by atoms with van der Waals surface area (Å²) in [4.78, 5) is 57.2. The first kappa shape index (κ1) is 42.0. The highest BCUT2D eigenvalue weighted by molar-refractivity contribution is 6.38. The molecule has 6 heterocycles. The normalized spacial score (nSPS) is 20.0. The molecule has 5 aromatic rings. The number of nitrogens with one attached hydrogen (secondary N) is 3. The monoisotopic (exact) mass is 839 g/mol. The third-order valence-electron chi connectivity index (χ3n) is 12.3. The first-order chi connectivity index (χ1) is 28.9. The third kappa shape index (κ3) is 7.84. The standard InChI is InChI=1S/C45H58ClN9O5/c1-24(2)18-37-55-33-15-13-27(31-21-48-43(51-31)35-11-9-17-54(35)45(57)40(26(5)6)50-23-59-58-7)19-30(33)38(46)41(55)29-14-12-28(20-36(29)60-37)32-22-49-42(52-32)34-10-8-16-53(34)44(56)39(47)25(3)4/h12-15,19-22,24-26,34-35,37,39-40,50H,8-11,16-18,23,47H2,1-7H3,(H,48,51)(H,49,52). The molecule has 0 bridgehead atoms. The van der Waals surface area contributed by atoms with Crippen LogP contribution in [-0.4, -0.2) is 85.1 Å². The Morgan fingerprint density at radius 1 is 0.900 bits per heavy atom. The van der Waals surface area contributed by atoms with Gasteiger partial charge in [-0.05, 0) is 67.7 Å². The zero-order valence-corrected chi connectivity index (χ0v) is 36.4. The molecule has 14 nitrogen and oxygen atoms in total. The topological polar surface area (TPSA) is 169 Å². The fraction of sp³-hybridized carbons (Fsp3) is 0.511. The molecule has 2 amide bonds. The lowest BCUT2D eigenvalue weighted by Crippen LogP contribution is -2.49. The molecule has 8 rings (SSSR count). The summed E-state index contributed by atoms with van der Waals surface area (Å²) < 4.78 is 9.10. The highest BCUT2D eigenvalue weighted by Gasteiger charge is 2.38. The van der Waals surface area contributed by atoms with Crippen LogP contribution in [0.4, 0.5) is 0 Å². The van der Waals surface area contributed by atoms with Gasteiger partial charge in [-0.25, -0.2) is 19.7 Å². The second-order valence-corrected chi connectivity index (χ2v) is 17.9. The number of hydrogen-bond donors (Lipinski definition) is 4. The number of hydrogen-bond acceptors (Lipinski definition) is 9. The van der Waals surface area contributed by atoms with E-state index in [1.165, 1.54) is 7.11 Å². The lowest BCUT2D eigenvalue weighted by atomic mass is 10.0. The van der Waals surface area contributed by atoms with Crippen LogP contribution >= 0.6 is 11.6 Å². The minimum Gasteiger partial charge on any atom is -0.469 e. The van der Waals surface area contributed by atoms with Crippen LogP contribution in [0.1, 0.15) is 104 Å². The van der Waals surface area contributed by atoms with Crippen LogP contribution in [0.2, 0.25) is 5.02 Å². The number of aromatic nitrogens is 5. The number of H-pyrrole nitrogens is 2. The number of likely N-dealkylation sites (tertiary alicyclic amines) is 2. The minimum atomic E-state index is -0.537. The number of carbonyl (C=O) groups is 2. The molecule has 5 N–H and O–H groups in total. The van der Waals surface area contributed by atoms with Crippen molar-refractivity contribution in [2.45, 2.75) is 104 Å². The fourth-order valence-electron chi connectivity index (χ4n) is 9.11. The van der Waals surface area contributed by atoms with Crippen LogP contribution in [-0.2, 0) is 19.4 Å². The Hall–Kier alpha value is -4.73. The van der Waals surface area contributed by atoms with Crippen LogP contribution < -0.4 is 15.8 Å². The predicted molar refractivity (Wildman–Crippen MR) is 232 cm³/mol. The Labute approximate surface area is 356 Å². The predicted octanol–water partition coefficient (Wildman–Crippen LogP) is 8.14. The molecule has 0 radical (unpaired) electrons. The van der Waals surface area contributed by atoms with Gasteiger partial charge in [-0.2, -0.15) is 0 Å². The average Bonchev–Trinajstić information content (AvgIpc) is 4.08. The first-order valence-corrected chi connectivity index (χ1v) is 21.7. The molecular formula is C45H58ClN9O5. The molecule has 2 fully saturated rings. The van der Waals surface area contributed by atoms with Crippen molar-refractivity contribution in [3.05, 3.63) is 65.5 Å². The lowest BCUT2D eigenvalue weighted by Gasteiger charge is -2.31. The quantitative estimate of drug-likeness (QED) is 0.0373. The number of amides is 2. The molecule has 2 saturated heterocycles. The van der Waals surface area contributed by atoms with E-state index in [0.29, 0.717) is 24.0 Å². The van der Waals surface area contributed by atoms with Crippen LogP contribution in [0, 0.1) is 17.8 Å². The summed E-state index contributed by atoms with van der Waals surface area (Å²) >= 11 is 7.41. The van der Waals surface area contributed by atoms with Crippen LogP contribution in [0.25, 0.3) is 44.7 Å². The van der Waals surface area contributed by atoms with E-state index >= 15 is 0 Å². The van der Waals surface area contributed by atoms with E-state index < -0.39 is 12.1 Å². The van der Waals surface area contributed by atoms with Crippen LogP contribution in [0.15, 0.2) is 48.8 Å². The van der Waals surface area contributed by atoms with Gasteiger partial charge in [-0.1, -0.05) is 65.3 Å². The zero-order valence-electron chi connectivity index (χ0n) is 35.6. The van der Waals surface area contributed by atoms with Crippen molar-refractivity contribution in [3.63, 3.8) is 0 Å². The van der Waals surface area contributed by atoms with E-state index in [1.807, 2.05) is 49.9 Å². The largest absolute Gasteiger partial charge is 0.469 e. The zero-order chi connectivity index (χ0) is 42.4. The molecule has 3 aliphatic rings. The number of aromatic amines is 2. The number of halogens is 1. The van der Waals surface area contributed by atoms with E-state index in [-0.39, 0.29) is 48.7 Å². The summed E-state index contributed by atoms with van der Waals surface area (Å²) in [5.41, 5.74) is 12.7. The van der Waals surface area contributed by atoms with Gasteiger partial charge >= 0.3 is 0 Å². The molecule has 2 aromatic carbocycles. The summed E-state index contributed by atoms with van der Waals surface area (Å²) in [6.07, 6.45) is 7.64. The molecule has 5 atom stereocenters. The van der Waals surface area contributed by atoms with Gasteiger partial charge in [0.05, 0.1) is 71.3 Å². The number of nitrogens with two attached hydrogens (primary N) is 1. The first-order valence-electron chi connectivity index (χ1n) is 21.4. The van der Waals surface area contributed by atoms with Crippen molar-refractivity contribution in [1.29, 1.82) is 0 Å². The number of benzene rings is 2. The number of ether oxygens (including phenoxy) is 1. The number of rotatable bonds is 14. The maximum atomic E-state index is 13.8. The summed E-state index contributed by atoms with van der Waals surface area (Å²) in [7, 11) is 1.45. The van der Waals surface area contributed by atoms with Gasteiger partial charge in [-0.3, -0.25) is 14.9 Å². The van der Waals surface area contributed by atoms with Gasteiger partial charge in [0.15, 0.2) is 6.23 Å². The van der Waals surface area contributed by atoms with Crippen molar-refractivity contribution in [2.24, 2.45) is 23.5 Å². The van der Waals surface area contributed by atoms with Crippen molar-refractivity contribution < 1.29 is 24.1 Å². The van der Waals surface area contributed by atoms with Crippen molar-refractivity contribution in [2.75, 3.05) is 26.9 Å². The van der Waals surface area contributed by atoms with E-state index in [1.54, 1.807) is 0 Å². The molecule has 0 saturated carbocycles. The SMILES string of the molecule is COOCNC(C(=O)N1CCCC1c1ncc(-c2ccc3c(c2)c(Cl)c2n3C(CC(C)C)Oc3cc(-c4cnc(C5CCCN5C(=O)C(N)C(C)C)[nH]4)ccc3-2)[nH]1)C(C)C. The maximum absolute atomic E-state index is 13.8. The Kier molecular flexibility index (Phi) is 12.1. The fourth-order valence-corrected chi connectivity index (χ4v) is 9.45. The molecule has 0 aliphatic carbocycles. The van der Waals surface area contributed by atoms with Gasteiger partial charge in [0.25, 0.3) is 0 Å². The average molecular weight is 840 g/mol.